The second kappa shape index (κ2) is 11.5. The first-order valence-corrected chi connectivity index (χ1v) is 15.5. The molecule has 0 bridgehead atoms. The molecule has 1 aliphatic rings. The molecule has 0 unspecified atom stereocenters. The third kappa shape index (κ3) is 5.68. The van der Waals surface area contributed by atoms with Crippen molar-refractivity contribution < 1.29 is 21.8 Å². The van der Waals surface area contributed by atoms with Gasteiger partial charge >= 0.3 is 10.1 Å². The molecule has 0 atom stereocenters. The number of piperazine rings is 1. The summed E-state index contributed by atoms with van der Waals surface area (Å²) in [7, 11) is -2.64. The first-order valence-electron chi connectivity index (χ1n) is 14.1. The Morgan fingerprint density at radius 2 is 1.40 bits per heavy atom. The van der Waals surface area contributed by atoms with Crippen molar-refractivity contribution in [3.05, 3.63) is 112 Å². The fraction of sp³-hybridized carbons (Fsp3) is 0.206. The van der Waals surface area contributed by atoms with Gasteiger partial charge in [0.1, 0.15) is 16.2 Å². The lowest BCUT2D eigenvalue weighted by molar-refractivity contribution is 0.413. The van der Waals surface area contributed by atoms with E-state index in [4.69, 9.17) is 13.3 Å². The molecule has 0 N–H and O–H groups in total. The molecule has 43 heavy (non-hydrogen) atoms. The van der Waals surface area contributed by atoms with Crippen molar-refractivity contribution >= 4 is 32.5 Å². The van der Waals surface area contributed by atoms with Gasteiger partial charge in [-0.05, 0) is 85.6 Å². The number of fused-ring (bicyclic) bond motifs is 1. The SMILES string of the molecule is COc1ccccc1N1CCN(c2ccc(-c3oc4ccccc4c(=O)c3OS(=O)(=O)c3cc(C)cc(C)c3)cc2)CC1. The molecule has 9 heteroatoms. The summed E-state index contributed by atoms with van der Waals surface area (Å²) in [6.07, 6.45) is 0. The normalized spacial score (nSPS) is 13.7. The quantitative estimate of drug-likeness (QED) is 0.206. The zero-order valence-corrected chi connectivity index (χ0v) is 25.1. The lowest BCUT2D eigenvalue weighted by Crippen LogP contribution is -2.46. The van der Waals surface area contributed by atoms with Crippen molar-refractivity contribution in [2.45, 2.75) is 18.7 Å². The molecule has 0 spiro atoms. The fourth-order valence-electron chi connectivity index (χ4n) is 5.55. The molecule has 0 aliphatic carbocycles. The van der Waals surface area contributed by atoms with Gasteiger partial charge in [-0.2, -0.15) is 8.42 Å². The largest absolute Gasteiger partial charge is 0.495 e. The molecule has 2 heterocycles. The van der Waals surface area contributed by atoms with E-state index < -0.39 is 15.5 Å². The Kier molecular flexibility index (Phi) is 7.58. The van der Waals surface area contributed by atoms with E-state index in [2.05, 4.69) is 15.9 Å². The second-order valence-electron chi connectivity index (χ2n) is 10.6. The molecule has 1 saturated heterocycles. The molecule has 1 fully saturated rings. The van der Waals surface area contributed by atoms with Gasteiger partial charge in [-0.25, -0.2) is 0 Å². The van der Waals surface area contributed by atoms with Gasteiger partial charge in [0.25, 0.3) is 0 Å². The summed E-state index contributed by atoms with van der Waals surface area (Å²) in [5, 5.41) is 0.237. The van der Waals surface area contributed by atoms with E-state index in [1.165, 1.54) is 12.1 Å². The molecule has 0 radical (unpaired) electrons. The highest BCUT2D eigenvalue weighted by atomic mass is 32.2. The van der Waals surface area contributed by atoms with Crippen molar-refractivity contribution in [3.8, 4) is 22.8 Å². The van der Waals surface area contributed by atoms with Gasteiger partial charge in [0.05, 0.1) is 18.2 Å². The van der Waals surface area contributed by atoms with Crippen molar-refractivity contribution in [3.63, 3.8) is 0 Å². The van der Waals surface area contributed by atoms with Crippen LogP contribution in [-0.2, 0) is 10.1 Å². The summed E-state index contributed by atoms with van der Waals surface area (Å²) in [6.45, 7) is 6.89. The van der Waals surface area contributed by atoms with E-state index in [1.807, 2.05) is 62.4 Å². The molecule has 0 amide bonds. The van der Waals surface area contributed by atoms with Crippen LogP contribution >= 0.6 is 0 Å². The highest BCUT2D eigenvalue weighted by Crippen LogP contribution is 2.35. The summed E-state index contributed by atoms with van der Waals surface area (Å²) < 4.78 is 44.0. The van der Waals surface area contributed by atoms with E-state index in [0.29, 0.717) is 11.1 Å². The minimum absolute atomic E-state index is 0.0221. The number of rotatable bonds is 7. The minimum Gasteiger partial charge on any atom is -0.495 e. The summed E-state index contributed by atoms with van der Waals surface area (Å²) in [5.74, 6) is 0.551. The number of para-hydroxylation sites is 3. The van der Waals surface area contributed by atoms with Crippen molar-refractivity contribution in [1.82, 2.24) is 0 Å². The monoisotopic (exact) mass is 596 g/mol. The van der Waals surface area contributed by atoms with Crippen molar-refractivity contribution in [2.24, 2.45) is 0 Å². The Morgan fingerprint density at radius 1 is 0.767 bits per heavy atom. The predicted molar refractivity (Wildman–Crippen MR) is 169 cm³/mol. The minimum atomic E-state index is -4.32. The molecule has 4 aromatic carbocycles. The van der Waals surface area contributed by atoms with Crippen molar-refractivity contribution in [2.75, 3.05) is 43.1 Å². The third-order valence-electron chi connectivity index (χ3n) is 7.63. The molecule has 8 nitrogen and oxygen atoms in total. The van der Waals surface area contributed by atoms with Gasteiger partial charge < -0.3 is 23.1 Å². The highest BCUT2D eigenvalue weighted by Gasteiger charge is 2.26. The molecule has 1 aromatic heterocycles. The number of ether oxygens (including phenoxy) is 1. The van der Waals surface area contributed by atoms with Crippen LogP contribution in [0.3, 0.4) is 0 Å². The fourth-order valence-corrected chi connectivity index (χ4v) is 6.67. The average molecular weight is 597 g/mol. The Hall–Kier alpha value is -4.76. The van der Waals surface area contributed by atoms with Gasteiger partial charge in [0.2, 0.25) is 11.2 Å². The molecular weight excluding hydrogens is 564 g/mol. The zero-order chi connectivity index (χ0) is 30.1. The molecular formula is C34H32N2O6S. The van der Waals surface area contributed by atoms with Gasteiger partial charge in [-0.15, -0.1) is 0 Å². The standard InChI is InChI=1S/C34H32N2O6S/c1-23-20-24(2)22-27(21-23)43(38,39)42-34-32(37)28-8-4-6-10-30(28)41-33(34)25-12-14-26(15-13-25)35-16-18-36(19-17-35)29-9-5-7-11-31(29)40-3/h4-15,20-22H,16-19H2,1-3H3. The third-order valence-corrected chi connectivity index (χ3v) is 8.83. The molecule has 5 aromatic rings. The molecule has 6 rings (SSSR count). The van der Waals surface area contributed by atoms with Gasteiger partial charge in [0.15, 0.2) is 5.76 Å². The smallest absolute Gasteiger partial charge is 0.339 e. The summed E-state index contributed by atoms with van der Waals surface area (Å²) in [6, 6.07) is 27.2. The number of methoxy groups -OCH3 is 1. The van der Waals surface area contributed by atoms with E-state index in [0.717, 1.165) is 54.4 Å². The number of nitrogens with zero attached hydrogens (tertiary/aromatic N) is 2. The Bertz CT molecular complexity index is 1940. The summed E-state index contributed by atoms with van der Waals surface area (Å²) >= 11 is 0. The average Bonchev–Trinajstić information content (AvgIpc) is 3.02. The molecule has 1 aliphatic heterocycles. The lowest BCUT2D eigenvalue weighted by Gasteiger charge is -2.37. The topological polar surface area (TPSA) is 89.3 Å². The maximum Gasteiger partial charge on any atom is 0.339 e. The molecule has 220 valence electrons. The molecule has 0 saturated carbocycles. The van der Waals surface area contributed by atoms with Crippen LogP contribution in [0.5, 0.6) is 11.5 Å². The zero-order valence-electron chi connectivity index (χ0n) is 24.2. The highest BCUT2D eigenvalue weighted by molar-refractivity contribution is 7.87. The van der Waals surface area contributed by atoms with Crippen LogP contribution in [0.25, 0.3) is 22.3 Å². The number of hydrogen-bond donors (Lipinski definition) is 0. The van der Waals surface area contributed by atoms with Crippen LogP contribution in [0, 0.1) is 13.8 Å². The predicted octanol–water partition coefficient (Wildman–Crippen LogP) is 6.18. The first kappa shape index (κ1) is 28.4. The first-order chi connectivity index (χ1) is 20.7. The second-order valence-corrected chi connectivity index (χ2v) is 12.2. The number of hydrogen-bond acceptors (Lipinski definition) is 8. The Balaban J connectivity index is 1.31. The summed E-state index contributed by atoms with van der Waals surface area (Å²) in [4.78, 5) is 18.2. The van der Waals surface area contributed by atoms with Crippen LogP contribution in [0.2, 0.25) is 0 Å². The number of anilines is 2. The van der Waals surface area contributed by atoms with Gasteiger partial charge in [-0.1, -0.05) is 30.3 Å². The van der Waals surface area contributed by atoms with Gasteiger partial charge in [-0.3, -0.25) is 4.79 Å². The van der Waals surface area contributed by atoms with E-state index in [-0.39, 0.29) is 21.8 Å². The van der Waals surface area contributed by atoms with Crippen LogP contribution in [0.15, 0.2) is 105 Å². The van der Waals surface area contributed by atoms with E-state index in [1.54, 1.807) is 31.4 Å². The number of benzene rings is 4. The van der Waals surface area contributed by atoms with Crippen LogP contribution in [0.4, 0.5) is 11.4 Å². The Labute approximate surface area is 250 Å². The van der Waals surface area contributed by atoms with E-state index >= 15 is 0 Å². The number of aryl methyl sites for hydroxylation is 2. The van der Waals surface area contributed by atoms with Crippen LogP contribution in [0.1, 0.15) is 11.1 Å². The Morgan fingerprint density at radius 3 is 2.09 bits per heavy atom. The summed E-state index contributed by atoms with van der Waals surface area (Å²) in [5.41, 5.74) is 3.95. The van der Waals surface area contributed by atoms with E-state index in [9.17, 15) is 13.2 Å². The van der Waals surface area contributed by atoms with Crippen LogP contribution < -0.4 is 24.1 Å². The van der Waals surface area contributed by atoms with Gasteiger partial charge in [0, 0.05) is 37.4 Å². The van der Waals surface area contributed by atoms with Crippen molar-refractivity contribution in [1.29, 1.82) is 0 Å². The van der Waals surface area contributed by atoms with Crippen LogP contribution in [-0.4, -0.2) is 41.7 Å². The maximum atomic E-state index is 13.6. The lowest BCUT2D eigenvalue weighted by atomic mass is 10.1. The maximum absolute atomic E-state index is 13.6.